The first-order valence-electron chi connectivity index (χ1n) is 5.64. The van der Waals surface area contributed by atoms with Crippen molar-refractivity contribution in [2.24, 2.45) is 0 Å². The average Bonchev–Trinajstić information content (AvgIpc) is 2.33. The van der Waals surface area contributed by atoms with Crippen molar-refractivity contribution < 1.29 is 26.1 Å². The summed E-state index contributed by atoms with van der Waals surface area (Å²) in [4.78, 5) is 9.00. The number of hydrogen-bond donors (Lipinski definition) is 1. The molecule has 21 heavy (non-hydrogen) atoms. The highest BCUT2D eigenvalue weighted by molar-refractivity contribution is 7.90. The Morgan fingerprint density at radius 3 is 2.38 bits per heavy atom. The molecule has 0 amide bonds. The number of rotatable bonds is 7. The number of nitro benzene ring substituents is 1. The first kappa shape index (κ1) is 17.5. The fourth-order valence-corrected chi connectivity index (χ4v) is 3.18. The minimum absolute atomic E-state index is 0.0630. The summed E-state index contributed by atoms with van der Waals surface area (Å²) in [6.45, 7) is -0.145. The van der Waals surface area contributed by atoms with Crippen molar-refractivity contribution in [3.63, 3.8) is 0 Å². The van der Waals surface area contributed by atoms with Gasteiger partial charge >= 0.3 is 5.69 Å². The van der Waals surface area contributed by atoms with E-state index in [1.165, 1.54) is 0 Å². The van der Waals surface area contributed by atoms with E-state index in [1.54, 1.807) is 0 Å². The summed E-state index contributed by atoms with van der Waals surface area (Å²) in [7, 11) is -7.25. The Balaban J connectivity index is 2.79. The van der Waals surface area contributed by atoms with E-state index in [0.29, 0.717) is 6.07 Å². The molecule has 0 radical (unpaired) electrons. The van der Waals surface area contributed by atoms with Gasteiger partial charge in [-0.15, -0.1) is 0 Å². The van der Waals surface area contributed by atoms with Gasteiger partial charge < -0.3 is 0 Å². The summed E-state index contributed by atoms with van der Waals surface area (Å²) in [5.41, 5.74) is -0.828. The molecule has 0 aliphatic rings. The van der Waals surface area contributed by atoms with E-state index in [4.69, 9.17) is 0 Å². The van der Waals surface area contributed by atoms with Crippen LogP contribution in [0.2, 0.25) is 0 Å². The number of nitrogens with zero attached hydrogens (tertiary/aromatic N) is 1. The number of nitro groups is 1. The molecule has 1 N–H and O–H groups in total. The van der Waals surface area contributed by atoms with Gasteiger partial charge in [0.1, 0.15) is 9.84 Å². The first-order valence-corrected chi connectivity index (χ1v) is 9.18. The first-order chi connectivity index (χ1) is 9.53. The topological polar surface area (TPSA) is 123 Å². The van der Waals surface area contributed by atoms with Gasteiger partial charge in [-0.2, -0.15) is 4.39 Å². The summed E-state index contributed by atoms with van der Waals surface area (Å²) in [5, 5.41) is 10.4. The lowest BCUT2D eigenvalue weighted by molar-refractivity contribution is -0.387. The molecule has 0 aromatic heterocycles. The molecule has 0 heterocycles. The summed E-state index contributed by atoms with van der Waals surface area (Å²) >= 11 is 0. The number of sulfone groups is 1. The normalized spacial score (nSPS) is 12.3. The second kappa shape index (κ2) is 6.45. The zero-order valence-corrected chi connectivity index (χ0v) is 12.6. The van der Waals surface area contributed by atoms with Crippen LogP contribution in [0.4, 0.5) is 10.1 Å². The molecule has 0 aliphatic heterocycles. The van der Waals surface area contributed by atoms with Gasteiger partial charge in [-0.25, -0.2) is 21.6 Å². The van der Waals surface area contributed by atoms with Crippen LogP contribution in [-0.2, 0) is 19.9 Å². The van der Waals surface area contributed by atoms with E-state index >= 15 is 0 Å². The highest BCUT2D eigenvalue weighted by Gasteiger charge is 2.20. The Labute approximate surface area is 121 Å². The Hall–Kier alpha value is -1.59. The highest BCUT2D eigenvalue weighted by atomic mass is 32.2. The van der Waals surface area contributed by atoms with E-state index in [-0.39, 0.29) is 18.7 Å². The van der Waals surface area contributed by atoms with Crippen LogP contribution in [0.1, 0.15) is 6.42 Å². The Morgan fingerprint density at radius 2 is 1.90 bits per heavy atom. The average molecular weight is 340 g/mol. The summed E-state index contributed by atoms with van der Waals surface area (Å²) < 4.78 is 60.8. The fraction of sp³-hybridized carbons (Fsp3) is 0.400. The highest BCUT2D eigenvalue weighted by Crippen LogP contribution is 2.20. The van der Waals surface area contributed by atoms with Crippen molar-refractivity contribution in [2.45, 2.75) is 11.3 Å². The number of hydrogen-bond acceptors (Lipinski definition) is 6. The van der Waals surface area contributed by atoms with Crippen LogP contribution >= 0.6 is 0 Å². The minimum atomic E-state index is -4.05. The van der Waals surface area contributed by atoms with E-state index in [2.05, 4.69) is 4.72 Å². The Morgan fingerprint density at radius 1 is 1.29 bits per heavy atom. The molecule has 1 aromatic rings. The van der Waals surface area contributed by atoms with Gasteiger partial charge in [0.2, 0.25) is 15.8 Å². The van der Waals surface area contributed by atoms with E-state index in [1.807, 2.05) is 0 Å². The number of sulfonamides is 1. The molecule has 0 unspecified atom stereocenters. The molecule has 0 fully saturated rings. The van der Waals surface area contributed by atoms with Crippen LogP contribution in [0.3, 0.4) is 0 Å². The Bertz CT molecular complexity index is 745. The van der Waals surface area contributed by atoms with E-state index in [0.717, 1.165) is 18.4 Å². The molecule has 1 aromatic carbocycles. The van der Waals surface area contributed by atoms with Gasteiger partial charge in [-0.05, 0) is 12.5 Å². The van der Waals surface area contributed by atoms with Crippen LogP contribution in [0, 0.1) is 15.9 Å². The largest absolute Gasteiger partial charge is 0.304 e. The summed E-state index contributed by atoms with van der Waals surface area (Å²) in [6, 6.07) is 2.19. The number of benzene rings is 1. The molecule has 118 valence electrons. The zero-order valence-electron chi connectivity index (χ0n) is 10.9. The zero-order chi connectivity index (χ0) is 16.3. The number of nitrogens with one attached hydrogen (secondary N) is 1. The minimum Gasteiger partial charge on any atom is -0.258 e. The maximum Gasteiger partial charge on any atom is 0.304 e. The molecule has 0 saturated carbocycles. The maximum absolute atomic E-state index is 13.4. The third kappa shape index (κ3) is 5.36. The van der Waals surface area contributed by atoms with Gasteiger partial charge in [-0.1, -0.05) is 0 Å². The van der Waals surface area contributed by atoms with Gasteiger partial charge in [-0.3, -0.25) is 10.1 Å². The lowest BCUT2D eigenvalue weighted by atomic mass is 10.3. The van der Waals surface area contributed by atoms with Gasteiger partial charge in [0.25, 0.3) is 0 Å². The van der Waals surface area contributed by atoms with Crippen molar-refractivity contribution in [3.8, 4) is 0 Å². The quantitative estimate of drug-likeness (QED) is 0.436. The van der Waals surface area contributed by atoms with Gasteiger partial charge in [0, 0.05) is 24.9 Å². The van der Waals surface area contributed by atoms with Crippen molar-refractivity contribution in [1.82, 2.24) is 4.72 Å². The number of halogens is 1. The standard InChI is InChI=1S/C10H13FN2O6S2/c1-20(16,17)6-2-5-12-21(18,19)8-3-4-10(13(14)15)9(11)7-8/h3-4,7,12H,2,5-6H2,1H3. The second-order valence-corrected chi connectivity index (χ2v) is 8.28. The van der Waals surface area contributed by atoms with E-state index < -0.39 is 41.2 Å². The monoisotopic (exact) mass is 340 g/mol. The third-order valence-electron chi connectivity index (χ3n) is 2.41. The fourth-order valence-electron chi connectivity index (χ4n) is 1.43. The van der Waals surface area contributed by atoms with Crippen LogP contribution in [0.15, 0.2) is 23.1 Å². The molecule has 1 rings (SSSR count). The Kier molecular flexibility index (Phi) is 5.36. The van der Waals surface area contributed by atoms with Crippen LogP contribution in [0.5, 0.6) is 0 Å². The van der Waals surface area contributed by atoms with Crippen molar-refractivity contribution in [2.75, 3.05) is 18.6 Å². The molecule has 0 saturated heterocycles. The lowest BCUT2D eigenvalue weighted by Crippen LogP contribution is -2.26. The van der Waals surface area contributed by atoms with Crippen LogP contribution < -0.4 is 4.72 Å². The molecule has 11 heteroatoms. The molecule has 0 bridgehead atoms. The van der Waals surface area contributed by atoms with Gasteiger partial charge in [0.15, 0.2) is 0 Å². The molecule has 0 atom stereocenters. The van der Waals surface area contributed by atoms with Crippen LogP contribution in [0.25, 0.3) is 0 Å². The van der Waals surface area contributed by atoms with Crippen molar-refractivity contribution in [3.05, 3.63) is 34.1 Å². The van der Waals surface area contributed by atoms with Crippen LogP contribution in [-0.4, -0.2) is 40.3 Å². The lowest BCUT2D eigenvalue weighted by Gasteiger charge is -2.06. The maximum atomic E-state index is 13.4. The second-order valence-electron chi connectivity index (χ2n) is 4.25. The predicted molar refractivity (Wildman–Crippen MR) is 72.6 cm³/mol. The molecule has 0 aliphatic carbocycles. The SMILES string of the molecule is CS(=O)(=O)CCCNS(=O)(=O)c1ccc([N+](=O)[O-])c(F)c1. The van der Waals surface area contributed by atoms with E-state index in [9.17, 15) is 31.3 Å². The van der Waals surface area contributed by atoms with Gasteiger partial charge in [0.05, 0.1) is 15.6 Å². The predicted octanol–water partition coefficient (Wildman–Crippen LogP) is 0.447. The summed E-state index contributed by atoms with van der Waals surface area (Å²) in [6.07, 6.45) is 1.08. The van der Waals surface area contributed by atoms with Crippen molar-refractivity contribution in [1.29, 1.82) is 0 Å². The molecule has 8 nitrogen and oxygen atoms in total. The third-order valence-corrected chi connectivity index (χ3v) is 4.90. The molecular formula is C10H13FN2O6S2. The molecular weight excluding hydrogens is 327 g/mol. The summed E-state index contributed by atoms with van der Waals surface area (Å²) in [5.74, 6) is -1.46. The smallest absolute Gasteiger partial charge is 0.258 e. The molecule has 0 spiro atoms. The van der Waals surface area contributed by atoms with Crippen molar-refractivity contribution >= 4 is 25.5 Å².